The first-order valence-electron chi connectivity index (χ1n) is 8.33. The van der Waals surface area contributed by atoms with Crippen LogP contribution in [0.15, 0.2) is 67.9 Å². The van der Waals surface area contributed by atoms with Crippen LogP contribution in [-0.2, 0) is 9.84 Å². The third-order valence-electron chi connectivity index (χ3n) is 4.43. The average Bonchev–Trinajstić information content (AvgIpc) is 2.71. The van der Waals surface area contributed by atoms with Gasteiger partial charge in [-0.1, -0.05) is 34.8 Å². The highest BCUT2D eigenvalue weighted by Crippen LogP contribution is 2.32. The molecule has 148 valence electrons. The fourth-order valence-electron chi connectivity index (χ4n) is 3.04. The topological polar surface area (TPSA) is 86.7 Å². The number of hydrogen-bond acceptors (Lipinski definition) is 8. The van der Waals surface area contributed by atoms with Crippen molar-refractivity contribution in [1.82, 2.24) is 0 Å². The monoisotopic (exact) mass is 446 g/mol. The van der Waals surface area contributed by atoms with Gasteiger partial charge in [0, 0.05) is 20.2 Å². The van der Waals surface area contributed by atoms with Crippen LogP contribution < -0.4 is 19.0 Å². The molecule has 0 aliphatic heterocycles. The molecule has 2 aromatic carbocycles. The smallest absolute Gasteiger partial charge is 0.251 e. The van der Waals surface area contributed by atoms with Crippen molar-refractivity contribution in [1.29, 1.82) is 0 Å². The van der Waals surface area contributed by atoms with Crippen molar-refractivity contribution in [2.45, 2.75) is 9.79 Å². The van der Waals surface area contributed by atoms with Crippen LogP contribution in [0.2, 0.25) is 0 Å². The zero-order valence-corrected chi connectivity index (χ0v) is 17.7. The molecule has 0 radical (unpaired) electrons. The number of sulfone groups is 1. The minimum absolute atomic E-state index is 0.445. The Hall–Kier alpha value is -2.75. The van der Waals surface area contributed by atoms with Gasteiger partial charge in [-0.3, -0.25) is 9.59 Å². The number of methoxy groups -OCH3 is 2. The molecular weight excluding hydrogens is 432 g/mol. The summed E-state index contributed by atoms with van der Waals surface area (Å²) in [5.74, 6) is 0.890. The minimum atomic E-state index is -4.35. The summed E-state index contributed by atoms with van der Waals surface area (Å²) in [5.41, 5.74) is 0. The van der Waals surface area contributed by atoms with E-state index in [0.29, 0.717) is 31.7 Å². The van der Waals surface area contributed by atoms with Gasteiger partial charge < -0.3 is 9.47 Å². The van der Waals surface area contributed by atoms with Gasteiger partial charge in [0.15, 0.2) is 0 Å². The third-order valence-corrected chi connectivity index (χ3v) is 8.42. The predicted molar refractivity (Wildman–Crippen MR) is 115 cm³/mol. The number of fused-ring (bicyclic) bond motifs is 2. The summed E-state index contributed by atoms with van der Waals surface area (Å²) in [6.45, 7) is 0. The second kappa shape index (κ2) is 7.25. The second-order valence-electron chi connectivity index (χ2n) is 6.04. The summed E-state index contributed by atoms with van der Waals surface area (Å²) < 4.78 is 37.1. The predicted octanol–water partition coefficient (Wildman–Crippen LogP) is 3.69. The molecule has 0 bridgehead atoms. The van der Waals surface area contributed by atoms with Crippen LogP contribution in [0.3, 0.4) is 0 Å². The maximum Gasteiger partial charge on any atom is 0.251 e. The first-order valence-corrected chi connectivity index (χ1v) is 11.4. The normalized spacial score (nSPS) is 11.7. The van der Waals surface area contributed by atoms with Crippen molar-refractivity contribution in [2.75, 3.05) is 14.2 Å². The van der Waals surface area contributed by atoms with E-state index in [-0.39, 0.29) is 0 Å². The van der Waals surface area contributed by atoms with Crippen molar-refractivity contribution in [3.05, 3.63) is 67.6 Å². The van der Waals surface area contributed by atoms with Crippen LogP contribution in [0.5, 0.6) is 11.5 Å². The maximum atomic E-state index is 13.3. The fourth-order valence-corrected chi connectivity index (χ4v) is 6.72. The van der Waals surface area contributed by atoms with Gasteiger partial charge in [0.05, 0.1) is 14.2 Å². The van der Waals surface area contributed by atoms with Crippen molar-refractivity contribution in [3.8, 4) is 11.5 Å². The molecule has 6 nitrogen and oxygen atoms in total. The van der Waals surface area contributed by atoms with Crippen molar-refractivity contribution < 1.29 is 17.9 Å². The van der Waals surface area contributed by atoms with E-state index in [1.807, 2.05) is 0 Å². The van der Waals surface area contributed by atoms with Crippen LogP contribution in [0.1, 0.15) is 0 Å². The van der Waals surface area contributed by atoms with Gasteiger partial charge in [0.2, 0.25) is 9.84 Å². The van der Waals surface area contributed by atoms with Gasteiger partial charge in [-0.2, -0.15) is 0 Å². The number of ether oxygens (including phenoxy) is 2. The zero-order valence-electron chi connectivity index (χ0n) is 15.3. The van der Waals surface area contributed by atoms with Crippen LogP contribution in [-0.4, -0.2) is 22.6 Å². The summed E-state index contributed by atoms with van der Waals surface area (Å²) in [6, 6.07) is 12.8. The van der Waals surface area contributed by atoms with Crippen LogP contribution >= 0.6 is 22.7 Å². The molecule has 4 rings (SSSR count). The van der Waals surface area contributed by atoms with E-state index in [1.165, 1.54) is 26.4 Å². The van der Waals surface area contributed by atoms with Crippen molar-refractivity contribution in [2.24, 2.45) is 0 Å². The quantitative estimate of drug-likeness (QED) is 0.475. The molecule has 2 heterocycles. The van der Waals surface area contributed by atoms with Gasteiger partial charge >= 0.3 is 0 Å². The summed E-state index contributed by atoms with van der Waals surface area (Å²) >= 11 is 1.60. The number of hydrogen-bond donors (Lipinski definition) is 0. The Bertz CT molecular complexity index is 1370. The van der Waals surface area contributed by atoms with Gasteiger partial charge in [0.1, 0.15) is 21.3 Å². The van der Waals surface area contributed by atoms with Gasteiger partial charge in [-0.25, -0.2) is 8.42 Å². The summed E-state index contributed by atoms with van der Waals surface area (Å²) in [6.07, 6.45) is 0. The lowest BCUT2D eigenvalue weighted by atomic mass is 10.2. The van der Waals surface area contributed by atoms with E-state index in [0.717, 1.165) is 22.7 Å². The molecule has 29 heavy (non-hydrogen) atoms. The van der Waals surface area contributed by atoms with Crippen molar-refractivity contribution >= 4 is 52.7 Å². The van der Waals surface area contributed by atoms with E-state index in [2.05, 4.69) is 0 Å². The van der Waals surface area contributed by atoms with E-state index in [1.54, 1.807) is 36.4 Å². The molecule has 4 aromatic rings. The SMILES string of the molecule is COc1cccc2sc(=O)c(S(=O)(=O)c3cc4c(OC)cccc4sc3=O)cc12. The second-order valence-corrected chi connectivity index (χ2v) is 9.96. The standard InChI is InChI=1S/C20H14O6S3/c1-25-13-5-3-7-15-11(13)9-17(19(21)27-15)29(23,24)18-10-12-14(26-2)6-4-8-16(12)28-20(18)22/h3-10H,1-2H3. The van der Waals surface area contributed by atoms with Gasteiger partial charge in [-0.05, 0) is 36.4 Å². The first kappa shape index (κ1) is 19.6. The van der Waals surface area contributed by atoms with Crippen LogP contribution in [0, 0.1) is 0 Å². The molecule has 0 N–H and O–H groups in total. The fraction of sp³-hybridized carbons (Fsp3) is 0.100. The third kappa shape index (κ3) is 3.21. The summed E-state index contributed by atoms with van der Waals surface area (Å²) in [5, 5.41) is 0.986. The highest BCUT2D eigenvalue weighted by Gasteiger charge is 2.27. The van der Waals surface area contributed by atoms with Gasteiger partial charge in [-0.15, -0.1) is 0 Å². The molecule has 0 amide bonds. The molecule has 2 aromatic heterocycles. The molecule has 0 unspecified atom stereocenters. The van der Waals surface area contributed by atoms with Crippen LogP contribution in [0.4, 0.5) is 0 Å². The first-order chi connectivity index (χ1) is 13.9. The van der Waals surface area contributed by atoms with Crippen LogP contribution in [0.25, 0.3) is 20.2 Å². The minimum Gasteiger partial charge on any atom is -0.496 e. The molecule has 0 saturated carbocycles. The largest absolute Gasteiger partial charge is 0.496 e. The summed E-state index contributed by atoms with van der Waals surface area (Å²) in [4.78, 5) is 24.4. The Balaban J connectivity index is 2.03. The van der Waals surface area contributed by atoms with E-state index < -0.39 is 29.1 Å². The highest BCUT2D eigenvalue weighted by atomic mass is 32.2. The highest BCUT2D eigenvalue weighted by molar-refractivity contribution is 7.91. The molecule has 9 heteroatoms. The number of benzene rings is 2. The summed E-state index contributed by atoms with van der Waals surface area (Å²) in [7, 11) is -1.42. The van der Waals surface area contributed by atoms with Gasteiger partial charge in [0.25, 0.3) is 9.48 Å². The average molecular weight is 447 g/mol. The Kier molecular flexibility index (Phi) is 4.89. The lowest BCUT2D eigenvalue weighted by molar-refractivity contribution is 0.419. The van der Waals surface area contributed by atoms with E-state index in [4.69, 9.17) is 9.47 Å². The van der Waals surface area contributed by atoms with E-state index >= 15 is 0 Å². The Morgan fingerprint density at radius 2 is 1.14 bits per heavy atom. The van der Waals surface area contributed by atoms with E-state index in [9.17, 15) is 18.0 Å². The Labute approximate surface area is 173 Å². The Morgan fingerprint density at radius 1 is 0.724 bits per heavy atom. The molecule has 0 saturated heterocycles. The lowest BCUT2D eigenvalue weighted by Gasteiger charge is -2.09. The lowest BCUT2D eigenvalue weighted by Crippen LogP contribution is -2.18. The molecule has 0 fully saturated rings. The molecule has 0 atom stereocenters. The Morgan fingerprint density at radius 3 is 1.52 bits per heavy atom. The molecule has 0 spiro atoms. The number of rotatable bonds is 4. The van der Waals surface area contributed by atoms with Crippen molar-refractivity contribution in [3.63, 3.8) is 0 Å². The maximum absolute atomic E-state index is 13.3. The molecule has 0 aliphatic rings. The molecule has 0 aliphatic carbocycles. The molecular formula is C20H14O6S3. The zero-order chi connectivity index (χ0) is 20.8.